The monoisotopic (exact) mass is 366 g/mol. The fraction of sp³-hybridized carbons (Fsp3) is 0.471. The number of nitrogens with zero attached hydrogens (tertiary/aromatic N) is 2. The maximum Gasteiger partial charge on any atom is 0.325 e. The predicted molar refractivity (Wildman–Crippen MR) is 96.5 cm³/mol. The Kier molecular flexibility index (Phi) is 6.02. The number of anilines is 1. The molecule has 0 spiro atoms. The van der Waals surface area contributed by atoms with E-state index in [1.165, 1.54) is 4.90 Å². The molecule has 1 aromatic rings. The van der Waals surface area contributed by atoms with Gasteiger partial charge in [-0.2, -0.15) is 0 Å². The molecule has 1 fully saturated rings. The highest BCUT2D eigenvalue weighted by atomic mass is 35.5. The predicted octanol–water partition coefficient (Wildman–Crippen LogP) is 1.93. The van der Waals surface area contributed by atoms with Crippen molar-refractivity contribution >= 4 is 35.1 Å². The Balaban J connectivity index is 1.74. The van der Waals surface area contributed by atoms with Gasteiger partial charge in [-0.05, 0) is 45.5 Å². The Morgan fingerprint density at radius 3 is 2.68 bits per heavy atom. The summed E-state index contributed by atoms with van der Waals surface area (Å²) in [7, 11) is 1.81. The van der Waals surface area contributed by atoms with Crippen LogP contribution in [0, 0.1) is 0 Å². The van der Waals surface area contributed by atoms with E-state index in [1.54, 1.807) is 38.1 Å². The molecule has 0 bridgehead atoms. The molecule has 1 aliphatic heterocycles. The van der Waals surface area contributed by atoms with Gasteiger partial charge in [-0.15, -0.1) is 0 Å². The molecule has 0 atom stereocenters. The largest absolute Gasteiger partial charge is 0.325 e. The van der Waals surface area contributed by atoms with Crippen LogP contribution in [0.4, 0.5) is 10.5 Å². The lowest BCUT2D eigenvalue weighted by Crippen LogP contribution is -2.40. The SMILES string of the molecule is CN(CCCN1C(=O)NC(C)(C)C1=O)CC(=O)Nc1cccc(Cl)c1. The number of benzene rings is 1. The van der Waals surface area contributed by atoms with Gasteiger partial charge in [0.2, 0.25) is 5.91 Å². The summed E-state index contributed by atoms with van der Waals surface area (Å²) < 4.78 is 0. The molecule has 1 aliphatic rings. The quantitative estimate of drug-likeness (QED) is 0.722. The molecule has 0 radical (unpaired) electrons. The molecule has 1 saturated heterocycles. The molecular formula is C17H23ClN4O3. The lowest BCUT2D eigenvalue weighted by atomic mass is 10.1. The number of amides is 4. The highest BCUT2D eigenvalue weighted by Gasteiger charge is 2.43. The van der Waals surface area contributed by atoms with Crippen molar-refractivity contribution in [1.82, 2.24) is 15.1 Å². The van der Waals surface area contributed by atoms with Crippen LogP contribution in [0.25, 0.3) is 0 Å². The molecule has 2 N–H and O–H groups in total. The smallest absolute Gasteiger partial charge is 0.325 e. The molecule has 1 heterocycles. The Labute approximate surface area is 152 Å². The number of rotatable bonds is 7. The average molecular weight is 367 g/mol. The van der Waals surface area contributed by atoms with Crippen molar-refractivity contribution < 1.29 is 14.4 Å². The second-order valence-corrected chi connectivity index (χ2v) is 7.10. The standard InChI is InChI=1S/C17H23ClN4O3/c1-17(2)15(24)22(16(25)20-17)9-5-8-21(3)11-14(23)19-13-7-4-6-12(18)10-13/h4,6-7,10H,5,8-9,11H2,1-3H3,(H,19,23)(H,20,25). The van der Waals surface area contributed by atoms with Crippen molar-refractivity contribution in [2.24, 2.45) is 0 Å². The van der Waals surface area contributed by atoms with E-state index in [-0.39, 0.29) is 24.4 Å². The fourth-order valence-electron chi connectivity index (χ4n) is 2.61. The van der Waals surface area contributed by atoms with Crippen LogP contribution >= 0.6 is 11.6 Å². The number of urea groups is 1. The first kappa shape index (κ1) is 19.2. The zero-order chi connectivity index (χ0) is 18.6. The number of carbonyl (C=O) groups is 3. The first-order valence-electron chi connectivity index (χ1n) is 8.07. The van der Waals surface area contributed by atoms with Crippen LogP contribution in [0.5, 0.6) is 0 Å². The van der Waals surface area contributed by atoms with Crippen LogP contribution in [-0.2, 0) is 9.59 Å². The number of carbonyl (C=O) groups excluding carboxylic acids is 3. The van der Waals surface area contributed by atoms with Crippen LogP contribution < -0.4 is 10.6 Å². The summed E-state index contributed by atoms with van der Waals surface area (Å²) in [6.07, 6.45) is 0.593. The molecule has 7 nitrogen and oxygen atoms in total. The van der Waals surface area contributed by atoms with Gasteiger partial charge in [0, 0.05) is 23.8 Å². The molecular weight excluding hydrogens is 344 g/mol. The Hall–Kier alpha value is -2.12. The van der Waals surface area contributed by atoms with E-state index in [4.69, 9.17) is 11.6 Å². The van der Waals surface area contributed by atoms with Crippen molar-refractivity contribution in [3.63, 3.8) is 0 Å². The fourth-order valence-corrected chi connectivity index (χ4v) is 2.80. The number of likely N-dealkylation sites (N-methyl/N-ethyl adjacent to an activating group) is 1. The molecule has 0 unspecified atom stereocenters. The normalized spacial score (nSPS) is 16.3. The molecule has 25 heavy (non-hydrogen) atoms. The third kappa shape index (κ3) is 5.17. The summed E-state index contributed by atoms with van der Waals surface area (Å²) in [6.45, 7) is 4.48. The first-order valence-corrected chi connectivity index (χ1v) is 8.45. The van der Waals surface area contributed by atoms with Gasteiger partial charge in [-0.25, -0.2) is 4.79 Å². The Bertz CT molecular complexity index is 678. The molecule has 0 saturated carbocycles. The van der Waals surface area contributed by atoms with E-state index in [1.807, 2.05) is 11.9 Å². The third-order valence-corrected chi connectivity index (χ3v) is 4.12. The zero-order valence-electron chi connectivity index (χ0n) is 14.6. The molecule has 8 heteroatoms. The maximum atomic E-state index is 12.1. The summed E-state index contributed by atoms with van der Waals surface area (Å²) in [5, 5.41) is 5.98. The topological polar surface area (TPSA) is 81.8 Å². The second-order valence-electron chi connectivity index (χ2n) is 6.66. The molecule has 1 aromatic carbocycles. The van der Waals surface area contributed by atoms with E-state index in [2.05, 4.69) is 10.6 Å². The van der Waals surface area contributed by atoms with E-state index >= 15 is 0 Å². The minimum Gasteiger partial charge on any atom is -0.325 e. The highest BCUT2D eigenvalue weighted by Crippen LogP contribution is 2.17. The van der Waals surface area contributed by atoms with Gasteiger partial charge >= 0.3 is 6.03 Å². The lowest BCUT2D eigenvalue weighted by molar-refractivity contribution is -0.130. The number of hydrogen-bond acceptors (Lipinski definition) is 4. The van der Waals surface area contributed by atoms with Crippen LogP contribution in [-0.4, -0.2) is 59.9 Å². The van der Waals surface area contributed by atoms with Crippen LogP contribution in [0.2, 0.25) is 5.02 Å². The summed E-state index contributed by atoms with van der Waals surface area (Å²) in [5.74, 6) is -0.375. The third-order valence-electron chi connectivity index (χ3n) is 3.89. The first-order chi connectivity index (χ1) is 11.7. The van der Waals surface area contributed by atoms with Crippen LogP contribution in [0.15, 0.2) is 24.3 Å². The van der Waals surface area contributed by atoms with Crippen molar-refractivity contribution in [3.05, 3.63) is 29.3 Å². The summed E-state index contributed by atoms with van der Waals surface area (Å²) >= 11 is 5.88. The number of nitrogens with one attached hydrogen (secondary N) is 2. The van der Waals surface area contributed by atoms with Gasteiger partial charge in [0.25, 0.3) is 5.91 Å². The second kappa shape index (κ2) is 7.84. The van der Waals surface area contributed by atoms with Gasteiger partial charge in [0.05, 0.1) is 6.54 Å². The zero-order valence-corrected chi connectivity index (χ0v) is 15.4. The minimum atomic E-state index is -0.847. The minimum absolute atomic E-state index is 0.152. The lowest BCUT2D eigenvalue weighted by Gasteiger charge is -2.19. The van der Waals surface area contributed by atoms with E-state index in [0.717, 1.165) is 0 Å². The summed E-state index contributed by atoms with van der Waals surface area (Å²) in [5.41, 5.74) is -0.202. The Morgan fingerprint density at radius 1 is 1.36 bits per heavy atom. The number of hydrogen-bond donors (Lipinski definition) is 2. The van der Waals surface area contributed by atoms with E-state index < -0.39 is 5.54 Å². The van der Waals surface area contributed by atoms with Gasteiger partial charge < -0.3 is 10.6 Å². The summed E-state index contributed by atoms with van der Waals surface area (Å²) in [6, 6.07) is 6.58. The summed E-state index contributed by atoms with van der Waals surface area (Å²) in [4.78, 5) is 38.9. The molecule has 0 aliphatic carbocycles. The Morgan fingerprint density at radius 2 is 2.08 bits per heavy atom. The van der Waals surface area contributed by atoms with Crippen molar-refractivity contribution in [2.75, 3.05) is 32.0 Å². The van der Waals surface area contributed by atoms with Crippen molar-refractivity contribution in [2.45, 2.75) is 25.8 Å². The highest BCUT2D eigenvalue weighted by molar-refractivity contribution is 6.30. The molecule has 136 valence electrons. The van der Waals surface area contributed by atoms with Gasteiger partial charge in [-0.3, -0.25) is 19.4 Å². The molecule has 0 aromatic heterocycles. The van der Waals surface area contributed by atoms with E-state index in [9.17, 15) is 14.4 Å². The van der Waals surface area contributed by atoms with Gasteiger partial charge in [0.1, 0.15) is 5.54 Å². The van der Waals surface area contributed by atoms with Gasteiger partial charge in [0.15, 0.2) is 0 Å². The number of halogens is 1. The number of imide groups is 1. The van der Waals surface area contributed by atoms with Crippen LogP contribution in [0.1, 0.15) is 20.3 Å². The van der Waals surface area contributed by atoms with Gasteiger partial charge in [-0.1, -0.05) is 17.7 Å². The average Bonchev–Trinajstić information content (AvgIpc) is 2.68. The molecule has 2 rings (SSSR count). The van der Waals surface area contributed by atoms with Crippen molar-refractivity contribution in [1.29, 1.82) is 0 Å². The maximum absolute atomic E-state index is 12.1. The van der Waals surface area contributed by atoms with E-state index in [0.29, 0.717) is 30.2 Å². The van der Waals surface area contributed by atoms with Crippen LogP contribution in [0.3, 0.4) is 0 Å². The van der Waals surface area contributed by atoms with Crippen molar-refractivity contribution in [3.8, 4) is 0 Å². The molecule has 4 amide bonds.